The number of nitrogens with zero attached hydrogens (tertiary/aromatic N) is 3. The van der Waals surface area contributed by atoms with E-state index in [0.29, 0.717) is 11.4 Å². The summed E-state index contributed by atoms with van der Waals surface area (Å²) in [6.45, 7) is 8.22. The molecule has 1 aliphatic carbocycles. The highest BCUT2D eigenvalue weighted by Gasteiger charge is 2.27. The summed E-state index contributed by atoms with van der Waals surface area (Å²) in [5, 5.41) is 4.72. The van der Waals surface area contributed by atoms with Gasteiger partial charge in [0.05, 0.1) is 5.69 Å². The number of imidazole rings is 1. The summed E-state index contributed by atoms with van der Waals surface area (Å²) in [6.07, 6.45) is 5.56. The van der Waals surface area contributed by atoms with Crippen LogP contribution in [0.25, 0.3) is 5.52 Å². The Morgan fingerprint density at radius 3 is 2.52 bits per heavy atom. The van der Waals surface area contributed by atoms with Gasteiger partial charge < -0.3 is 4.98 Å². The van der Waals surface area contributed by atoms with Crippen LogP contribution in [0.4, 0.5) is 0 Å². The standard InChI is InChI=1S/C16H24N4O/c1-5-11-12-14(21)18-15(16(2,3)4)19-20(12)13(17-11)10-8-6-7-9-10/h10H,5-9H2,1-4H3,(H,18,19,21). The summed E-state index contributed by atoms with van der Waals surface area (Å²) in [5.74, 6) is 2.15. The van der Waals surface area contributed by atoms with E-state index in [-0.39, 0.29) is 11.0 Å². The largest absolute Gasteiger partial charge is 0.307 e. The Labute approximate surface area is 124 Å². The van der Waals surface area contributed by atoms with E-state index in [9.17, 15) is 4.79 Å². The topological polar surface area (TPSA) is 63.1 Å². The average molecular weight is 288 g/mol. The zero-order valence-corrected chi connectivity index (χ0v) is 13.4. The minimum atomic E-state index is -0.184. The first-order valence-electron chi connectivity index (χ1n) is 7.94. The van der Waals surface area contributed by atoms with E-state index < -0.39 is 0 Å². The predicted octanol–water partition coefficient (Wildman–Crippen LogP) is 2.94. The van der Waals surface area contributed by atoms with Gasteiger partial charge in [-0.25, -0.2) is 9.50 Å². The van der Waals surface area contributed by atoms with E-state index in [1.807, 2.05) is 11.4 Å². The number of aromatic amines is 1. The molecule has 0 aromatic carbocycles. The van der Waals surface area contributed by atoms with Crippen molar-refractivity contribution < 1.29 is 0 Å². The fraction of sp³-hybridized carbons (Fsp3) is 0.688. The second-order valence-corrected chi connectivity index (χ2v) is 7.06. The molecule has 0 bridgehead atoms. The number of fused-ring (bicyclic) bond motifs is 1. The lowest BCUT2D eigenvalue weighted by atomic mass is 9.96. The first-order chi connectivity index (χ1) is 9.91. The molecule has 5 nitrogen and oxygen atoms in total. The van der Waals surface area contributed by atoms with Crippen molar-refractivity contribution in [2.45, 2.75) is 71.1 Å². The maximum atomic E-state index is 12.5. The summed E-state index contributed by atoms with van der Waals surface area (Å²) in [4.78, 5) is 20.2. The second kappa shape index (κ2) is 4.97. The van der Waals surface area contributed by atoms with Gasteiger partial charge in [0, 0.05) is 11.3 Å². The molecule has 114 valence electrons. The Hall–Kier alpha value is -1.65. The molecule has 0 saturated heterocycles. The lowest BCUT2D eigenvalue weighted by Gasteiger charge is -2.17. The average Bonchev–Trinajstić information content (AvgIpc) is 3.03. The van der Waals surface area contributed by atoms with Crippen LogP contribution in [0.5, 0.6) is 0 Å². The number of rotatable bonds is 2. The minimum Gasteiger partial charge on any atom is -0.307 e. The number of hydrogen-bond acceptors (Lipinski definition) is 3. The molecule has 0 unspecified atom stereocenters. The van der Waals surface area contributed by atoms with E-state index >= 15 is 0 Å². The number of aryl methyl sites for hydroxylation is 1. The van der Waals surface area contributed by atoms with Crippen LogP contribution in [0.2, 0.25) is 0 Å². The predicted molar refractivity (Wildman–Crippen MR) is 82.9 cm³/mol. The Morgan fingerprint density at radius 2 is 1.95 bits per heavy atom. The summed E-state index contributed by atoms with van der Waals surface area (Å²) in [6, 6.07) is 0. The van der Waals surface area contributed by atoms with E-state index in [1.54, 1.807) is 0 Å². The van der Waals surface area contributed by atoms with Crippen LogP contribution in [-0.4, -0.2) is 19.6 Å². The van der Waals surface area contributed by atoms with Crippen LogP contribution < -0.4 is 5.56 Å². The lowest BCUT2D eigenvalue weighted by Crippen LogP contribution is -2.25. The number of H-pyrrole nitrogens is 1. The zero-order chi connectivity index (χ0) is 15.2. The second-order valence-electron chi connectivity index (χ2n) is 7.06. The Bertz CT molecular complexity index is 714. The fourth-order valence-corrected chi connectivity index (χ4v) is 3.13. The quantitative estimate of drug-likeness (QED) is 0.924. The maximum Gasteiger partial charge on any atom is 0.277 e. The Kier molecular flexibility index (Phi) is 3.38. The molecule has 0 radical (unpaired) electrons. The van der Waals surface area contributed by atoms with Crippen LogP contribution in [0, 0.1) is 0 Å². The Morgan fingerprint density at radius 1 is 1.29 bits per heavy atom. The molecule has 3 rings (SSSR count). The van der Waals surface area contributed by atoms with Crippen molar-refractivity contribution in [1.29, 1.82) is 0 Å². The third-order valence-corrected chi connectivity index (χ3v) is 4.36. The molecule has 0 atom stereocenters. The maximum absolute atomic E-state index is 12.5. The van der Waals surface area contributed by atoms with Crippen LogP contribution in [0.3, 0.4) is 0 Å². The summed E-state index contributed by atoms with van der Waals surface area (Å²) in [7, 11) is 0. The highest BCUT2D eigenvalue weighted by Crippen LogP contribution is 2.34. The van der Waals surface area contributed by atoms with E-state index in [0.717, 1.165) is 36.6 Å². The molecule has 2 aromatic heterocycles. The Balaban J connectivity index is 2.28. The molecular weight excluding hydrogens is 264 g/mol. The van der Waals surface area contributed by atoms with Gasteiger partial charge in [-0.1, -0.05) is 40.5 Å². The van der Waals surface area contributed by atoms with Gasteiger partial charge in [-0.05, 0) is 19.3 Å². The monoisotopic (exact) mass is 288 g/mol. The van der Waals surface area contributed by atoms with E-state index in [1.165, 1.54) is 12.8 Å². The third kappa shape index (κ3) is 2.39. The molecule has 1 N–H and O–H groups in total. The number of hydrogen-bond donors (Lipinski definition) is 1. The van der Waals surface area contributed by atoms with Crippen molar-refractivity contribution in [3.63, 3.8) is 0 Å². The molecule has 0 amide bonds. The van der Waals surface area contributed by atoms with Crippen LogP contribution in [-0.2, 0) is 11.8 Å². The molecule has 0 aliphatic heterocycles. The highest BCUT2D eigenvalue weighted by molar-refractivity contribution is 5.51. The van der Waals surface area contributed by atoms with Crippen molar-refractivity contribution in [2.24, 2.45) is 0 Å². The molecule has 1 aliphatic rings. The summed E-state index contributed by atoms with van der Waals surface area (Å²) in [5.41, 5.74) is 1.25. The molecule has 1 fully saturated rings. The third-order valence-electron chi connectivity index (χ3n) is 4.36. The molecule has 2 heterocycles. The molecule has 1 saturated carbocycles. The van der Waals surface area contributed by atoms with Crippen molar-refractivity contribution in [1.82, 2.24) is 19.6 Å². The lowest BCUT2D eigenvalue weighted by molar-refractivity contribution is 0.518. The van der Waals surface area contributed by atoms with Gasteiger partial charge in [0.2, 0.25) is 0 Å². The van der Waals surface area contributed by atoms with Crippen molar-refractivity contribution in [2.75, 3.05) is 0 Å². The smallest absolute Gasteiger partial charge is 0.277 e. The molecule has 0 spiro atoms. The van der Waals surface area contributed by atoms with Gasteiger partial charge in [0.25, 0.3) is 5.56 Å². The van der Waals surface area contributed by atoms with Gasteiger partial charge in [-0.3, -0.25) is 4.79 Å². The van der Waals surface area contributed by atoms with Gasteiger partial charge in [0.1, 0.15) is 11.6 Å². The van der Waals surface area contributed by atoms with Gasteiger partial charge >= 0.3 is 0 Å². The molecule has 5 heteroatoms. The molecule has 2 aromatic rings. The van der Waals surface area contributed by atoms with Crippen LogP contribution >= 0.6 is 0 Å². The van der Waals surface area contributed by atoms with Crippen LogP contribution in [0.1, 0.15) is 76.6 Å². The van der Waals surface area contributed by atoms with E-state index in [4.69, 9.17) is 10.1 Å². The highest BCUT2D eigenvalue weighted by atomic mass is 16.1. The van der Waals surface area contributed by atoms with Crippen molar-refractivity contribution >= 4 is 5.52 Å². The van der Waals surface area contributed by atoms with Gasteiger partial charge in [-0.15, -0.1) is 0 Å². The minimum absolute atomic E-state index is 0.0662. The zero-order valence-electron chi connectivity index (χ0n) is 13.4. The first-order valence-corrected chi connectivity index (χ1v) is 7.94. The SMILES string of the molecule is CCc1nc(C2CCCC2)n2nc(C(C)(C)C)[nH]c(=O)c12. The van der Waals surface area contributed by atoms with Crippen LogP contribution in [0.15, 0.2) is 4.79 Å². The van der Waals surface area contributed by atoms with Gasteiger partial charge in [0.15, 0.2) is 5.52 Å². The van der Waals surface area contributed by atoms with Gasteiger partial charge in [-0.2, -0.15) is 5.10 Å². The first kappa shape index (κ1) is 14.3. The summed E-state index contributed by atoms with van der Waals surface area (Å²) < 4.78 is 1.83. The van der Waals surface area contributed by atoms with E-state index in [2.05, 4.69) is 25.8 Å². The number of nitrogens with one attached hydrogen (secondary N) is 1. The molecular formula is C16H24N4O. The molecule has 21 heavy (non-hydrogen) atoms. The van der Waals surface area contributed by atoms with Crippen molar-refractivity contribution in [3.8, 4) is 0 Å². The fourth-order valence-electron chi connectivity index (χ4n) is 3.13. The number of aromatic nitrogens is 4. The normalized spacial score (nSPS) is 17.0. The summed E-state index contributed by atoms with van der Waals surface area (Å²) >= 11 is 0. The van der Waals surface area contributed by atoms with Crippen molar-refractivity contribution in [3.05, 3.63) is 27.7 Å².